The molecular weight excluding hydrogens is 560 g/mol. The predicted octanol–water partition coefficient (Wildman–Crippen LogP) is 5.45. The van der Waals surface area contributed by atoms with Crippen molar-refractivity contribution in [1.29, 1.82) is 0 Å². The van der Waals surface area contributed by atoms with Crippen LogP contribution in [0.5, 0.6) is 11.5 Å². The number of hydrogen-bond donors (Lipinski definition) is 1. The first-order chi connectivity index (χ1) is 17.4. The molecule has 2 aliphatic rings. The van der Waals surface area contributed by atoms with E-state index in [0.29, 0.717) is 14.9 Å². The second kappa shape index (κ2) is 9.07. The van der Waals surface area contributed by atoms with Crippen molar-refractivity contribution in [3.05, 3.63) is 118 Å². The Morgan fingerprint density at radius 2 is 1.94 bits per heavy atom. The summed E-state index contributed by atoms with van der Waals surface area (Å²) >= 11 is 11.1. The van der Waals surface area contributed by atoms with Crippen molar-refractivity contribution in [2.24, 2.45) is 4.99 Å². The summed E-state index contributed by atoms with van der Waals surface area (Å²) in [5.74, 6) is 0.126. The first-order valence-corrected chi connectivity index (χ1v) is 13.4. The Balaban J connectivity index is 1.61. The maximum atomic E-state index is 13.8. The Kier molecular flexibility index (Phi) is 5.86. The molecule has 3 aromatic carbocycles. The summed E-state index contributed by atoms with van der Waals surface area (Å²) in [6, 6.07) is 19.5. The number of aromatic nitrogens is 1. The standard InChI is InChI=1S/C28H20BrClN2O3S/c1-35-22-13-15(12-21(30)26(22)33)14-23-27(34)32-25(17-6-9-18(29)10-7-17)20-11-8-16-4-2-3-5-19(16)24(20)31-28(32)36-23/h2-7,9-10,12-14,25,33H,8,11H2,1H3/b23-14-/t25-/m0/s1. The van der Waals surface area contributed by atoms with Crippen LogP contribution in [0.25, 0.3) is 11.8 Å². The number of rotatable bonds is 3. The van der Waals surface area contributed by atoms with E-state index in [1.54, 1.807) is 18.2 Å². The molecule has 180 valence electrons. The van der Waals surface area contributed by atoms with Gasteiger partial charge in [-0.25, -0.2) is 4.99 Å². The van der Waals surface area contributed by atoms with Crippen LogP contribution in [0.4, 0.5) is 0 Å². The maximum Gasteiger partial charge on any atom is 0.271 e. The molecule has 1 aliphatic carbocycles. The highest BCUT2D eigenvalue weighted by Crippen LogP contribution is 2.41. The Morgan fingerprint density at radius 3 is 2.72 bits per heavy atom. The van der Waals surface area contributed by atoms with E-state index in [-0.39, 0.29) is 28.1 Å². The third kappa shape index (κ3) is 3.82. The fraction of sp³-hybridized carbons (Fsp3) is 0.143. The van der Waals surface area contributed by atoms with Crippen molar-refractivity contribution < 1.29 is 9.84 Å². The van der Waals surface area contributed by atoms with Crippen LogP contribution >= 0.6 is 38.9 Å². The highest BCUT2D eigenvalue weighted by molar-refractivity contribution is 9.10. The molecule has 0 bridgehead atoms. The van der Waals surface area contributed by atoms with Crippen molar-refractivity contribution >= 4 is 50.6 Å². The summed E-state index contributed by atoms with van der Waals surface area (Å²) in [7, 11) is 1.46. The molecule has 0 saturated heterocycles. The van der Waals surface area contributed by atoms with E-state index in [9.17, 15) is 9.90 Å². The van der Waals surface area contributed by atoms with E-state index in [4.69, 9.17) is 21.3 Å². The van der Waals surface area contributed by atoms with Crippen LogP contribution in [-0.4, -0.2) is 16.8 Å². The average Bonchev–Trinajstić information content (AvgIpc) is 3.19. The summed E-state index contributed by atoms with van der Waals surface area (Å²) in [4.78, 5) is 19.5. The number of aryl methyl sites for hydroxylation is 1. The Bertz CT molecular complexity index is 1740. The van der Waals surface area contributed by atoms with Gasteiger partial charge in [0.1, 0.15) is 0 Å². The van der Waals surface area contributed by atoms with E-state index in [1.165, 1.54) is 24.0 Å². The number of fused-ring (bicyclic) bond motifs is 3. The first kappa shape index (κ1) is 23.3. The van der Waals surface area contributed by atoms with Crippen LogP contribution < -0.4 is 19.6 Å². The number of halogens is 2. The molecule has 0 fully saturated rings. The summed E-state index contributed by atoms with van der Waals surface area (Å²) in [5.41, 5.74) is 6.13. The quantitative estimate of drug-likeness (QED) is 0.351. The summed E-state index contributed by atoms with van der Waals surface area (Å²) in [6.45, 7) is 0. The van der Waals surface area contributed by atoms with Crippen LogP contribution in [-0.2, 0) is 6.42 Å². The highest BCUT2D eigenvalue weighted by atomic mass is 79.9. The van der Waals surface area contributed by atoms with Gasteiger partial charge in [-0.2, -0.15) is 0 Å². The number of methoxy groups -OCH3 is 1. The van der Waals surface area contributed by atoms with Crippen LogP contribution in [0, 0.1) is 0 Å². The molecule has 0 amide bonds. The fourth-order valence-corrected chi connectivity index (χ4v) is 6.44. The first-order valence-electron chi connectivity index (χ1n) is 11.4. The molecule has 2 heterocycles. The number of hydrogen-bond acceptors (Lipinski definition) is 5. The molecule has 36 heavy (non-hydrogen) atoms. The number of allylic oxidation sites excluding steroid dienone is 1. The SMILES string of the molecule is COc1cc(/C=c2\sc3n(c2=O)[C@@H](c2ccc(Br)cc2)C2=C(N=3)c3ccccc3CC2)cc(Cl)c1O. The largest absolute Gasteiger partial charge is 0.503 e. The van der Waals surface area contributed by atoms with E-state index in [1.807, 2.05) is 22.8 Å². The number of aromatic hydroxyl groups is 1. The van der Waals surface area contributed by atoms with Gasteiger partial charge in [0.2, 0.25) is 0 Å². The maximum absolute atomic E-state index is 13.8. The predicted molar refractivity (Wildman–Crippen MR) is 147 cm³/mol. The molecular formula is C28H20BrClN2O3S. The van der Waals surface area contributed by atoms with Crippen LogP contribution in [0.15, 0.2) is 80.5 Å². The molecule has 6 rings (SSSR count). The van der Waals surface area contributed by atoms with E-state index < -0.39 is 0 Å². The molecule has 5 nitrogen and oxygen atoms in total. The second-order valence-corrected chi connectivity index (χ2v) is 11.1. The van der Waals surface area contributed by atoms with E-state index in [0.717, 1.165) is 39.7 Å². The number of phenolic OH excluding ortho intramolecular Hbond substituents is 1. The van der Waals surface area contributed by atoms with Crippen LogP contribution in [0.3, 0.4) is 0 Å². The summed E-state index contributed by atoms with van der Waals surface area (Å²) < 4.78 is 8.57. The minimum Gasteiger partial charge on any atom is -0.503 e. The highest BCUT2D eigenvalue weighted by Gasteiger charge is 2.32. The molecule has 0 spiro atoms. The number of ether oxygens (including phenoxy) is 1. The smallest absolute Gasteiger partial charge is 0.271 e. The zero-order valence-corrected chi connectivity index (χ0v) is 22.3. The Labute approximate surface area is 224 Å². The lowest BCUT2D eigenvalue weighted by Gasteiger charge is -2.30. The topological polar surface area (TPSA) is 63.8 Å². The lowest BCUT2D eigenvalue weighted by molar-refractivity contribution is 0.373. The van der Waals surface area contributed by atoms with Gasteiger partial charge in [0.05, 0.1) is 28.4 Å². The zero-order chi connectivity index (χ0) is 25.0. The zero-order valence-electron chi connectivity index (χ0n) is 19.2. The molecule has 8 heteroatoms. The van der Waals surface area contributed by atoms with Crippen molar-refractivity contribution in [2.45, 2.75) is 18.9 Å². The number of phenols is 1. The number of benzene rings is 3. The van der Waals surface area contributed by atoms with Gasteiger partial charge in [0.25, 0.3) is 5.56 Å². The molecule has 1 aromatic heterocycles. The Hall–Kier alpha value is -3.13. The van der Waals surface area contributed by atoms with Crippen LogP contribution in [0.1, 0.15) is 34.7 Å². The van der Waals surface area contributed by atoms with E-state index >= 15 is 0 Å². The normalized spacial score (nSPS) is 16.8. The minimum absolute atomic E-state index is 0.111. The molecule has 0 radical (unpaired) electrons. The molecule has 1 atom stereocenters. The van der Waals surface area contributed by atoms with Crippen molar-refractivity contribution in [1.82, 2.24) is 4.57 Å². The lowest BCUT2D eigenvalue weighted by Crippen LogP contribution is -2.38. The third-order valence-corrected chi connectivity index (χ3v) is 8.43. The average molecular weight is 580 g/mol. The molecule has 0 unspecified atom stereocenters. The van der Waals surface area contributed by atoms with Gasteiger partial charge in [0.15, 0.2) is 16.3 Å². The lowest BCUT2D eigenvalue weighted by atomic mass is 9.83. The molecule has 0 saturated carbocycles. The van der Waals surface area contributed by atoms with Gasteiger partial charge in [0, 0.05) is 10.0 Å². The monoisotopic (exact) mass is 578 g/mol. The number of thiazole rings is 1. The van der Waals surface area contributed by atoms with Crippen LogP contribution in [0.2, 0.25) is 5.02 Å². The van der Waals surface area contributed by atoms with Gasteiger partial charge in [-0.05, 0) is 65.4 Å². The minimum atomic E-state index is -0.238. The van der Waals surface area contributed by atoms with Crippen molar-refractivity contribution in [3.63, 3.8) is 0 Å². The van der Waals surface area contributed by atoms with Gasteiger partial charge < -0.3 is 9.84 Å². The van der Waals surface area contributed by atoms with Gasteiger partial charge in [-0.3, -0.25) is 9.36 Å². The molecule has 4 aromatic rings. The van der Waals surface area contributed by atoms with Gasteiger partial charge in [-0.1, -0.05) is 75.3 Å². The Morgan fingerprint density at radius 1 is 1.17 bits per heavy atom. The number of nitrogens with zero attached hydrogens (tertiary/aromatic N) is 2. The second-order valence-electron chi connectivity index (χ2n) is 8.72. The molecule has 1 N–H and O–H groups in total. The van der Waals surface area contributed by atoms with E-state index in [2.05, 4.69) is 46.3 Å². The third-order valence-electron chi connectivity index (χ3n) is 6.63. The van der Waals surface area contributed by atoms with Gasteiger partial charge in [-0.15, -0.1) is 0 Å². The molecule has 1 aliphatic heterocycles. The van der Waals surface area contributed by atoms with Crippen molar-refractivity contribution in [2.75, 3.05) is 7.11 Å². The summed E-state index contributed by atoms with van der Waals surface area (Å²) in [6.07, 6.45) is 3.52. The fourth-order valence-electron chi connectivity index (χ4n) is 4.95. The van der Waals surface area contributed by atoms with Crippen molar-refractivity contribution in [3.8, 4) is 11.5 Å². The van der Waals surface area contributed by atoms with Gasteiger partial charge >= 0.3 is 0 Å². The summed E-state index contributed by atoms with van der Waals surface area (Å²) in [5, 5.41) is 10.3.